The number of nitrogen functional groups attached to an aromatic ring is 1. The molecule has 0 amide bonds. The van der Waals surface area contributed by atoms with E-state index in [4.69, 9.17) is 10.2 Å². The smallest absolute Gasteiger partial charge is 0.226 e. The van der Waals surface area contributed by atoms with E-state index in [9.17, 15) is 4.39 Å². The average Bonchev–Trinajstić information content (AvgIpc) is 3.19. The largest absolute Gasteiger partial charge is 0.444 e. The van der Waals surface area contributed by atoms with E-state index in [1.54, 1.807) is 29.7 Å². The second-order valence-electron chi connectivity index (χ2n) is 5.79. The molecule has 2 N–H and O–H groups in total. The molecule has 3 heterocycles. The second kappa shape index (κ2) is 6.69. The van der Waals surface area contributed by atoms with Crippen molar-refractivity contribution in [1.82, 2.24) is 15.0 Å². The molecule has 0 spiro atoms. The topological polar surface area (TPSA) is 77.8 Å². The molecule has 26 heavy (non-hydrogen) atoms. The van der Waals surface area contributed by atoms with Crippen LogP contribution in [0.1, 0.15) is 16.1 Å². The maximum atomic E-state index is 13.0. The number of nitrogens with two attached hydrogens (primary N) is 1. The molecule has 0 atom stereocenters. The minimum Gasteiger partial charge on any atom is -0.444 e. The highest BCUT2D eigenvalue weighted by molar-refractivity contribution is 7.98. The Labute approximate surface area is 157 Å². The van der Waals surface area contributed by atoms with Crippen molar-refractivity contribution in [2.24, 2.45) is 0 Å². The zero-order chi connectivity index (χ0) is 18.3. The summed E-state index contributed by atoms with van der Waals surface area (Å²) < 4.78 is 18.5. The summed E-state index contributed by atoms with van der Waals surface area (Å²) in [6, 6.07) is 6.03. The van der Waals surface area contributed by atoms with Gasteiger partial charge in [-0.3, -0.25) is 0 Å². The fraction of sp³-hybridized carbons (Fsp3) is 0.167. The van der Waals surface area contributed by atoms with Gasteiger partial charge >= 0.3 is 0 Å². The first-order valence-electron chi connectivity index (χ1n) is 7.87. The molecular formula is C18H15FN4OS2. The van der Waals surface area contributed by atoms with Gasteiger partial charge in [0.25, 0.3) is 0 Å². The molecule has 0 unspecified atom stereocenters. The minimum absolute atomic E-state index is 0.291. The summed E-state index contributed by atoms with van der Waals surface area (Å²) >= 11 is 3.07. The van der Waals surface area contributed by atoms with Crippen LogP contribution in [0.5, 0.6) is 0 Å². The number of rotatable bonds is 4. The van der Waals surface area contributed by atoms with Crippen molar-refractivity contribution in [3.05, 3.63) is 52.5 Å². The Morgan fingerprint density at radius 2 is 1.92 bits per heavy atom. The summed E-state index contributed by atoms with van der Waals surface area (Å²) in [6.45, 7) is 4.09. The van der Waals surface area contributed by atoms with Gasteiger partial charge in [0.05, 0.1) is 11.1 Å². The van der Waals surface area contributed by atoms with Crippen molar-refractivity contribution < 1.29 is 8.81 Å². The van der Waals surface area contributed by atoms with Crippen molar-refractivity contribution in [3.63, 3.8) is 0 Å². The van der Waals surface area contributed by atoms with E-state index in [0.717, 1.165) is 27.0 Å². The van der Waals surface area contributed by atoms with E-state index in [1.807, 2.05) is 6.92 Å². The van der Waals surface area contributed by atoms with Gasteiger partial charge in [0.15, 0.2) is 5.16 Å². The van der Waals surface area contributed by atoms with E-state index in [-0.39, 0.29) is 5.82 Å². The van der Waals surface area contributed by atoms with Gasteiger partial charge in [0.2, 0.25) is 5.89 Å². The highest BCUT2D eigenvalue weighted by Gasteiger charge is 2.14. The lowest BCUT2D eigenvalue weighted by Crippen LogP contribution is -1.96. The third-order valence-corrected chi connectivity index (χ3v) is 6.01. The zero-order valence-corrected chi connectivity index (χ0v) is 15.7. The molecule has 5 nitrogen and oxygen atoms in total. The summed E-state index contributed by atoms with van der Waals surface area (Å²) in [7, 11) is 0. The summed E-state index contributed by atoms with van der Waals surface area (Å²) in [4.78, 5) is 15.5. The lowest BCUT2D eigenvalue weighted by Gasteiger charge is -2.01. The van der Waals surface area contributed by atoms with Gasteiger partial charge in [-0.2, -0.15) is 0 Å². The Morgan fingerprint density at radius 3 is 2.69 bits per heavy atom. The van der Waals surface area contributed by atoms with E-state index >= 15 is 0 Å². The van der Waals surface area contributed by atoms with Crippen LogP contribution in [0, 0.1) is 19.7 Å². The first kappa shape index (κ1) is 17.0. The number of anilines is 1. The molecule has 0 saturated heterocycles. The number of aryl methyl sites for hydroxylation is 2. The Balaban J connectivity index is 1.52. The fourth-order valence-corrected chi connectivity index (χ4v) is 4.38. The zero-order valence-electron chi connectivity index (χ0n) is 14.1. The molecule has 4 rings (SSSR count). The minimum atomic E-state index is -0.291. The SMILES string of the molecule is Cc1sc2nc(SCc3coc(-c4ccc(F)cc4)n3)nc(N)c2c1C. The molecule has 3 aromatic heterocycles. The number of fused-ring (bicyclic) bond motifs is 1. The summed E-state index contributed by atoms with van der Waals surface area (Å²) in [5.74, 6) is 1.23. The first-order valence-corrected chi connectivity index (χ1v) is 9.68. The number of benzene rings is 1. The first-order chi connectivity index (χ1) is 12.5. The number of aromatic nitrogens is 3. The molecule has 0 aliphatic heterocycles. The van der Waals surface area contributed by atoms with E-state index in [2.05, 4.69) is 21.9 Å². The van der Waals surface area contributed by atoms with Crippen LogP contribution in [-0.2, 0) is 5.75 Å². The number of thioether (sulfide) groups is 1. The van der Waals surface area contributed by atoms with Gasteiger partial charge in [0.1, 0.15) is 22.7 Å². The van der Waals surface area contributed by atoms with Crippen molar-refractivity contribution in [3.8, 4) is 11.5 Å². The van der Waals surface area contributed by atoms with Gasteiger partial charge in [0, 0.05) is 16.2 Å². The predicted octanol–water partition coefficient (Wildman–Crippen LogP) is 4.98. The molecular weight excluding hydrogens is 371 g/mol. The van der Waals surface area contributed by atoms with Gasteiger partial charge in [-0.1, -0.05) is 11.8 Å². The van der Waals surface area contributed by atoms with Crippen molar-refractivity contribution >= 4 is 39.1 Å². The quantitative estimate of drug-likeness (QED) is 0.394. The molecule has 132 valence electrons. The van der Waals surface area contributed by atoms with Gasteiger partial charge in [-0.15, -0.1) is 11.3 Å². The number of oxazole rings is 1. The summed E-state index contributed by atoms with van der Waals surface area (Å²) in [5, 5.41) is 1.56. The lowest BCUT2D eigenvalue weighted by molar-refractivity contribution is 0.573. The molecule has 1 aromatic carbocycles. The number of halogens is 1. The van der Waals surface area contributed by atoms with Crippen LogP contribution >= 0.6 is 23.1 Å². The molecule has 8 heteroatoms. The molecule has 0 radical (unpaired) electrons. The predicted molar refractivity (Wildman–Crippen MR) is 103 cm³/mol. The number of hydrogen-bond acceptors (Lipinski definition) is 7. The van der Waals surface area contributed by atoms with Crippen LogP contribution in [0.3, 0.4) is 0 Å². The summed E-state index contributed by atoms with van der Waals surface area (Å²) in [6.07, 6.45) is 1.59. The Morgan fingerprint density at radius 1 is 1.15 bits per heavy atom. The third kappa shape index (κ3) is 3.17. The standard InChI is InChI=1S/C18H15FN4OS2/c1-9-10(2)26-17-14(9)15(20)22-18(23-17)25-8-13-7-24-16(21-13)11-3-5-12(19)6-4-11/h3-7H,8H2,1-2H3,(H2,20,22,23). The van der Waals surface area contributed by atoms with Gasteiger partial charge < -0.3 is 10.2 Å². The van der Waals surface area contributed by atoms with Crippen LogP contribution in [0.2, 0.25) is 0 Å². The van der Waals surface area contributed by atoms with Crippen LogP contribution in [0.4, 0.5) is 10.2 Å². The van der Waals surface area contributed by atoms with Gasteiger partial charge in [-0.25, -0.2) is 19.3 Å². The molecule has 0 saturated carbocycles. The lowest BCUT2D eigenvalue weighted by atomic mass is 10.2. The van der Waals surface area contributed by atoms with Crippen LogP contribution in [0.25, 0.3) is 21.7 Å². The maximum Gasteiger partial charge on any atom is 0.226 e. The van der Waals surface area contributed by atoms with Crippen LogP contribution in [-0.4, -0.2) is 15.0 Å². The average molecular weight is 386 g/mol. The van der Waals surface area contributed by atoms with Crippen molar-refractivity contribution in [2.45, 2.75) is 24.8 Å². The van der Waals surface area contributed by atoms with E-state index in [1.165, 1.54) is 28.8 Å². The van der Waals surface area contributed by atoms with E-state index in [0.29, 0.717) is 22.6 Å². The second-order valence-corrected chi connectivity index (χ2v) is 7.94. The highest BCUT2D eigenvalue weighted by atomic mass is 32.2. The van der Waals surface area contributed by atoms with Gasteiger partial charge in [-0.05, 0) is 43.7 Å². The molecule has 4 aromatic rings. The van der Waals surface area contributed by atoms with E-state index < -0.39 is 0 Å². The monoisotopic (exact) mass is 386 g/mol. The molecule has 0 aliphatic carbocycles. The normalized spacial score (nSPS) is 11.3. The van der Waals surface area contributed by atoms with Crippen molar-refractivity contribution in [2.75, 3.05) is 5.73 Å². The number of hydrogen-bond donors (Lipinski definition) is 1. The van der Waals surface area contributed by atoms with Crippen molar-refractivity contribution in [1.29, 1.82) is 0 Å². The van der Waals surface area contributed by atoms with Crippen LogP contribution in [0.15, 0.2) is 40.1 Å². The Hall–Kier alpha value is -2.45. The van der Waals surface area contributed by atoms with Crippen LogP contribution < -0.4 is 5.73 Å². The fourth-order valence-electron chi connectivity index (χ4n) is 2.56. The number of nitrogens with zero attached hydrogens (tertiary/aromatic N) is 3. The third-order valence-electron chi connectivity index (χ3n) is 4.03. The highest BCUT2D eigenvalue weighted by Crippen LogP contribution is 2.34. The molecule has 0 aliphatic rings. The molecule has 0 fully saturated rings. The number of thiophene rings is 1. The summed E-state index contributed by atoms with van der Waals surface area (Å²) in [5.41, 5.74) is 8.74. The maximum absolute atomic E-state index is 13.0. The Kier molecular flexibility index (Phi) is 4.37. The Bertz CT molecular complexity index is 1090. The molecule has 0 bridgehead atoms.